The Labute approximate surface area is 144 Å². The average Bonchev–Trinajstić information content (AvgIpc) is 3.11. The van der Waals surface area contributed by atoms with Gasteiger partial charge in [-0.2, -0.15) is 0 Å². The fourth-order valence-corrected chi connectivity index (χ4v) is 3.69. The summed E-state index contributed by atoms with van der Waals surface area (Å²) in [5.41, 5.74) is -0.583. The van der Waals surface area contributed by atoms with Crippen molar-refractivity contribution in [1.82, 2.24) is 4.90 Å². The van der Waals surface area contributed by atoms with Crippen molar-refractivity contribution in [2.75, 3.05) is 26.3 Å². The molecule has 2 aliphatic rings. The molecule has 2 saturated heterocycles. The lowest BCUT2D eigenvalue weighted by Gasteiger charge is -2.27. The van der Waals surface area contributed by atoms with E-state index in [1.165, 1.54) is 6.07 Å². The van der Waals surface area contributed by atoms with Crippen LogP contribution in [0, 0.1) is 22.0 Å². The summed E-state index contributed by atoms with van der Waals surface area (Å²) in [5.74, 6) is -0.697. The highest BCUT2D eigenvalue weighted by Crippen LogP contribution is 2.32. The Morgan fingerprint density at radius 1 is 1.12 bits per heavy atom. The molecule has 8 nitrogen and oxygen atoms in total. The van der Waals surface area contributed by atoms with E-state index in [1.54, 1.807) is 4.90 Å². The molecule has 134 valence electrons. The van der Waals surface area contributed by atoms with E-state index < -0.39 is 10.9 Å². The van der Waals surface area contributed by atoms with Gasteiger partial charge in [-0.1, -0.05) is 0 Å². The second kappa shape index (κ2) is 7.18. The van der Waals surface area contributed by atoms with E-state index in [9.17, 15) is 19.7 Å². The Balaban J connectivity index is 1.76. The van der Waals surface area contributed by atoms with E-state index in [4.69, 9.17) is 9.84 Å². The van der Waals surface area contributed by atoms with Crippen LogP contribution in [-0.4, -0.2) is 53.1 Å². The lowest BCUT2D eigenvalue weighted by molar-refractivity contribution is -0.384. The summed E-state index contributed by atoms with van der Waals surface area (Å²) >= 11 is 0. The van der Waals surface area contributed by atoms with Gasteiger partial charge in [-0.3, -0.25) is 14.9 Å². The summed E-state index contributed by atoms with van der Waals surface area (Å²) in [7, 11) is 0. The van der Waals surface area contributed by atoms with Gasteiger partial charge in [-0.15, -0.1) is 0 Å². The van der Waals surface area contributed by atoms with Crippen molar-refractivity contribution < 1.29 is 24.4 Å². The second-order valence-electron chi connectivity index (χ2n) is 6.58. The van der Waals surface area contributed by atoms with Crippen LogP contribution in [0.5, 0.6) is 0 Å². The first-order valence-electron chi connectivity index (χ1n) is 8.35. The predicted octanol–water partition coefficient (Wildman–Crippen LogP) is 2.18. The molecule has 1 amide bonds. The summed E-state index contributed by atoms with van der Waals surface area (Å²) in [6.07, 6.45) is 2.89. The maximum Gasteiger partial charge on any atom is 0.335 e. The van der Waals surface area contributed by atoms with Crippen molar-refractivity contribution in [1.29, 1.82) is 0 Å². The number of nitrogens with zero attached hydrogens (tertiary/aromatic N) is 2. The van der Waals surface area contributed by atoms with E-state index in [0.29, 0.717) is 24.9 Å². The number of carbonyl (C=O) groups is 2. The number of nitro groups is 1. The number of carbonyl (C=O) groups excluding carboxylic acids is 1. The number of aromatic carboxylic acids is 1. The predicted molar refractivity (Wildman–Crippen MR) is 87.6 cm³/mol. The number of rotatable bonds is 4. The minimum Gasteiger partial charge on any atom is -0.478 e. The van der Waals surface area contributed by atoms with Crippen LogP contribution in [-0.2, 0) is 4.74 Å². The molecule has 1 aromatic rings. The zero-order valence-corrected chi connectivity index (χ0v) is 13.7. The van der Waals surface area contributed by atoms with Gasteiger partial charge in [0.05, 0.1) is 10.5 Å². The van der Waals surface area contributed by atoms with Gasteiger partial charge in [0, 0.05) is 44.0 Å². The van der Waals surface area contributed by atoms with Crippen molar-refractivity contribution in [3.05, 3.63) is 39.4 Å². The molecule has 0 spiro atoms. The van der Waals surface area contributed by atoms with Crippen LogP contribution >= 0.6 is 0 Å². The van der Waals surface area contributed by atoms with Gasteiger partial charge in [0.25, 0.3) is 11.6 Å². The first kappa shape index (κ1) is 17.3. The second-order valence-corrected chi connectivity index (χ2v) is 6.58. The van der Waals surface area contributed by atoms with Crippen molar-refractivity contribution >= 4 is 17.6 Å². The van der Waals surface area contributed by atoms with Crippen LogP contribution < -0.4 is 0 Å². The first-order chi connectivity index (χ1) is 12.0. The van der Waals surface area contributed by atoms with Crippen molar-refractivity contribution in [3.63, 3.8) is 0 Å². The quantitative estimate of drug-likeness (QED) is 0.659. The minimum atomic E-state index is -1.29. The van der Waals surface area contributed by atoms with Crippen LogP contribution in [0.15, 0.2) is 18.2 Å². The highest BCUT2D eigenvalue weighted by molar-refractivity contribution is 5.98. The maximum absolute atomic E-state index is 12.7. The highest BCUT2D eigenvalue weighted by Gasteiger charge is 2.33. The number of likely N-dealkylation sites (tertiary alicyclic amines) is 1. The highest BCUT2D eigenvalue weighted by atomic mass is 16.6. The lowest BCUT2D eigenvalue weighted by Crippen LogP contribution is -2.31. The van der Waals surface area contributed by atoms with Crippen molar-refractivity contribution in [2.45, 2.75) is 19.3 Å². The third-order valence-corrected chi connectivity index (χ3v) is 5.07. The van der Waals surface area contributed by atoms with Gasteiger partial charge >= 0.3 is 5.97 Å². The number of carboxylic acid groups (broad SMARTS) is 1. The molecule has 0 aromatic heterocycles. The fraction of sp³-hybridized carbons (Fsp3) is 0.529. The Hall–Kier alpha value is -2.48. The molecule has 0 aliphatic carbocycles. The van der Waals surface area contributed by atoms with Crippen molar-refractivity contribution in [3.8, 4) is 0 Å². The minimum absolute atomic E-state index is 0.0548. The van der Waals surface area contributed by atoms with Gasteiger partial charge < -0.3 is 14.7 Å². The van der Waals surface area contributed by atoms with Crippen LogP contribution in [0.1, 0.15) is 40.0 Å². The van der Waals surface area contributed by atoms with Crippen LogP contribution in [0.4, 0.5) is 5.69 Å². The zero-order valence-electron chi connectivity index (χ0n) is 13.7. The first-order valence-corrected chi connectivity index (χ1v) is 8.35. The molecule has 1 aromatic carbocycles. The Kier molecular flexibility index (Phi) is 4.98. The lowest BCUT2D eigenvalue weighted by atomic mass is 9.85. The summed E-state index contributed by atoms with van der Waals surface area (Å²) in [6, 6.07) is 3.32. The van der Waals surface area contributed by atoms with Crippen LogP contribution in [0.2, 0.25) is 0 Å². The number of hydrogen-bond acceptors (Lipinski definition) is 5. The standard InChI is InChI=1S/C17H20N2O6/c20-16(13-7-14(17(21)22)9-15(8-13)19(23)24)18-4-1-12(10-18)11-2-5-25-6-3-11/h7-9,11-12H,1-6,10H2,(H,21,22). The van der Waals surface area contributed by atoms with Gasteiger partial charge in [-0.25, -0.2) is 4.79 Å². The van der Waals surface area contributed by atoms with E-state index >= 15 is 0 Å². The van der Waals surface area contributed by atoms with Gasteiger partial charge in [-0.05, 0) is 37.2 Å². The summed E-state index contributed by atoms with van der Waals surface area (Å²) < 4.78 is 5.37. The Morgan fingerprint density at radius 3 is 2.44 bits per heavy atom. The zero-order chi connectivity index (χ0) is 18.0. The van der Waals surface area contributed by atoms with E-state index in [-0.39, 0.29) is 22.7 Å². The molecule has 0 bridgehead atoms. The number of nitro benzene ring substituents is 1. The monoisotopic (exact) mass is 348 g/mol. The largest absolute Gasteiger partial charge is 0.478 e. The summed E-state index contributed by atoms with van der Waals surface area (Å²) in [5, 5.41) is 20.1. The Bertz CT molecular complexity index is 666. The topological polar surface area (TPSA) is 110 Å². The number of hydrogen-bond donors (Lipinski definition) is 1. The summed E-state index contributed by atoms with van der Waals surface area (Å²) in [6.45, 7) is 2.70. The molecule has 2 heterocycles. The Morgan fingerprint density at radius 2 is 1.80 bits per heavy atom. The molecule has 3 rings (SSSR count). The number of benzene rings is 1. The average molecular weight is 348 g/mol. The van der Waals surface area contributed by atoms with Gasteiger partial charge in [0.15, 0.2) is 0 Å². The molecule has 1 N–H and O–H groups in total. The van der Waals surface area contributed by atoms with Crippen molar-refractivity contribution in [2.24, 2.45) is 11.8 Å². The third kappa shape index (κ3) is 3.79. The molecular weight excluding hydrogens is 328 g/mol. The molecule has 0 saturated carbocycles. The van der Waals surface area contributed by atoms with Crippen LogP contribution in [0.3, 0.4) is 0 Å². The molecular formula is C17H20N2O6. The molecule has 25 heavy (non-hydrogen) atoms. The smallest absolute Gasteiger partial charge is 0.335 e. The maximum atomic E-state index is 12.7. The molecule has 2 aliphatic heterocycles. The summed E-state index contributed by atoms with van der Waals surface area (Å²) in [4.78, 5) is 35.9. The molecule has 1 atom stereocenters. The number of ether oxygens (including phenoxy) is 1. The molecule has 2 fully saturated rings. The number of amides is 1. The van der Waals surface area contributed by atoms with E-state index in [1.807, 2.05) is 0 Å². The SMILES string of the molecule is O=C(O)c1cc(C(=O)N2CCC(C3CCOCC3)C2)cc([N+](=O)[O-])c1. The van der Waals surface area contributed by atoms with E-state index in [0.717, 1.165) is 44.6 Å². The molecule has 0 radical (unpaired) electrons. The van der Waals surface area contributed by atoms with Crippen LogP contribution in [0.25, 0.3) is 0 Å². The number of carboxylic acids is 1. The van der Waals surface area contributed by atoms with Gasteiger partial charge in [0.2, 0.25) is 0 Å². The third-order valence-electron chi connectivity index (χ3n) is 5.07. The van der Waals surface area contributed by atoms with E-state index in [2.05, 4.69) is 0 Å². The normalized spacial score (nSPS) is 21.3. The molecule has 1 unspecified atom stereocenters. The molecule has 8 heteroatoms. The fourth-order valence-electron chi connectivity index (χ4n) is 3.69. The van der Waals surface area contributed by atoms with Gasteiger partial charge in [0.1, 0.15) is 0 Å². The number of non-ortho nitro benzene ring substituents is 1.